The Bertz CT molecular complexity index is 1290. The van der Waals surface area contributed by atoms with Crippen molar-refractivity contribution < 1.29 is 19.7 Å². The number of aliphatic carboxylic acids is 1. The highest BCUT2D eigenvalue weighted by atomic mass is 16.5. The molecule has 3 atom stereocenters. The second-order valence-corrected chi connectivity index (χ2v) is 11.1. The van der Waals surface area contributed by atoms with Gasteiger partial charge in [0, 0.05) is 12.3 Å². The van der Waals surface area contributed by atoms with E-state index in [1.165, 1.54) is 33.4 Å². The molecule has 5 rings (SSSR count). The third kappa shape index (κ3) is 5.47. The van der Waals surface area contributed by atoms with Crippen molar-refractivity contribution in [1.29, 1.82) is 0 Å². The maximum absolute atomic E-state index is 11.1. The van der Waals surface area contributed by atoms with E-state index in [9.17, 15) is 9.90 Å². The van der Waals surface area contributed by atoms with E-state index in [2.05, 4.69) is 59.5 Å². The highest BCUT2D eigenvalue weighted by molar-refractivity contribution is 5.77. The summed E-state index contributed by atoms with van der Waals surface area (Å²) in [5.74, 6) is 0.440. The summed E-state index contributed by atoms with van der Waals surface area (Å²) in [6, 6.07) is 10.8. The maximum Gasteiger partial charge on any atom is 0.307 e. The van der Waals surface area contributed by atoms with Crippen LogP contribution in [0.3, 0.4) is 0 Å². The lowest BCUT2D eigenvalue weighted by atomic mass is 9.90. The van der Waals surface area contributed by atoms with Crippen LogP contribution < -0.4 is 10.1 Å². The number of ether oxygens (including phenoxy) is 1. The number of hydrogen-bond donors (Lipinski definition) is 3. The molecule has 0 unspecified atom stereocenters. The number of fused-ring (bicyclic) bond motifs is 1. The molecule has 194 valence electrons. The first-order valence-corrected chi connectivity index (χ1v) is 13.0. The molecular weight excluding hydrogens is 466 g/mol. The van der Waals surface area contributed by atoms with E-state index in [0.717, 1.165) is 24.3 Å². The van der Waals surface area contributed by atoms with Gasteiger partial charge in [-0.1, -0.05) is 18.2 Å². The van der Waals surface area contributed by atoms with E-state index >= 15 is 0 Å². The molecule has 0 saturated heterocycles. The lowest BCUT2D eigenvalue weighted by Crippen LogP contribution is -2.21. The van der Waals surface area contributed by atoms with Crippen LogP contribution >= 0.6 is 0 Å². The van der Waals surface area contributed by atoms with Crippen LogP contribution in [0.5, 0.6) is 5.75 Å². The number of hydrogen-bond acceptors (Lipinski definition) is 6. The van der Waals surface area contributed by atoms with E-state index < -0.39 is 11.6 Å². The van der Waals surface area contributed by atoms with Gasteiger partial charge in [0.05, 0.1) is 42.3 Å². The molecule has 2 aliphatic carbocycles. The quantitative estimate of drug-likeness (QED) is 0.351. The predicted molar refractivity (Wildman–Crippen MR) is 143 cm³/mol. The fourth-order valence-electron chi connectivity index (χ4n) is 5.47. The molecule has 2 aliphatic rings. The highest BCUT2D eigenvalue weighted by Crippen LogP contribution is 2.47. The maximum atomic E-state index is 11.1. The molecule has 1 fully saturated rings. The number of carbonyl (C=O) groups is 1. The van der Waals surface area contributed by atoms with E-state index in [1.54, 1.807) is 26.2 Å². The minimum absolute atomic E-state index is 0.0152. The lowest BCUT2D eigenvalue weighted by molar-refractivity contribution is -0.138. The van der Waals surface area contributed by atoms with Crippen molar-refractivity contribution in [3.05, 3.63) is 70.7 Å². The number of carboxylic acid groups (broad SMARTS) is 1. The number of aromatic nitrogens is 2. The summed E-state index contributed by atoms with van der Waals surface area (Å²) < 4.78 is 5.94. The van der Waals surface area contributed by atoms with Gasteiger partial charge in [-0.15, -0.1) is 0 Å². The number of benzene rings is 2. The van der Waals surface area contributed by atoms with Gasteiger partial charge in [-0.05, 0) is 92.5 Å². The van der Waals surface area contributed by atoms with Crippen molar-refractivity contribution in [3.63, 3.8) is 0 Å². The molecule has 7 nitrogen and oxygen atoms in total. The standard InChI is InChI=1S/C30H35N3O4/c1-17-12-19(37-11-10-30(3,4)36)13-18(2)28(17)22-7-5-6-21-20(22)8-9-25(21)33-27-16-31-26(15-32-27)23-14-24(23)29(34)35/h5-7,12-13,15-16,23-25,36H,8-11,14H2,1-4H3,(H,32,33)(H,34,35)/t23-,24-,25+/m0/s1. The highest BCUT2D eigenvalue weighted by Gasteiger charge is 2.45. The fourth-order valence-corrected chi connectivity index (χ4v) is 5.47. The summed E-state index contributed by atoms with van der Waals surface area (Å²) in [5, 5.41) is 22.7. The van der Waals surface area contributed by atoms with Crippen LogP contribution in [-0.2, 0) is 11.2 Å². The predicted octanol–water partition coefficient (Wildman–Crippen LogP) is 5.59. The zero-order valence-corrected chi connectivity index (χ0v) is 21.9. The molecule has 1 aromatic heterocycles. The first-order chi connectivity index (χ1) is 17.6. The number of anilines is 1. The molecule has 3 aromatic rings. The number of aryl methyl sites for hydroxylation is 2. The second-order valence-electron chi connectivity index (χ2n) is 11.1. The largest absolute Gasteiger partial charge is 0.493 e. The molecule has 1 heterocycles. The van der Waals surface area contributed by atoms with Crippen LogP contribution in [0.4, 0.5) is 5.82 Å². The number of carboxylic acids is 1. The Morgan fingerprint density at radius 2 is 1.92 bits per heavy atom. The average molecular weight is 502 g/mol. The van der Waals surface area contributed by atoms with Crippen LogP contribution in [0.1, 0.15) is 73.0 Å². The minimum atomic E-state index is -0.759. The van der Waals surface area contributed by atoms with E-state index in [4.69, 9.17) is 9.84 Å². The number of nitrogens with one attached hydrogen (secondary N) is 1. The molecule has 0 bridgehead atoms. The van der Waals surface area contributed by atoms with Crippen LogP contribution in [0, 0.1) is 19.8 Å². The zero-order valence-electron chi connectivity index (χ0n) is 21.9. The number of rotatable bonds is 9. The van der Waals surface area contributed by atoms with Crippen LogP contribution in [0.25, 0.3) is 11.1 Å². The smallest absolute Gasteiger partial charge is 0.307 e. The fraction of sp³-hybridized carbons (Fsp3) is 0.433. The molecule has 7 heteroatoms. The summed E-state index contributed by atoms with van der Waals surface area (Å²) >= 11 is 0. The number of nitrogens with zero attached hydrogens (tertiary/aromatic N) is 2. The zero-order chi connectivity index (χ0) is 26.3. The Kier molecular flexibility index (Phi) is 6.67. The van der Waals surface area contributed by atoms with E-state index in [-0.39, 0.29) is 17.9 Å². The van der Waals surface area contributed by atoms with Gasteiger partial charge in [-0.25, -0.2) is 4.98 Å². The van der Waals surface area contributed by atoms with Crippen molar-refractivity contribution in [3.8, 4) is 16.9 Å². The molecular formula is C30H35N3O4. The van der Waals surface area contributed by atoms with Crippen LogP contribution in [-0.4, -0.2) is 38.4 Å². The summed E-state index contributed by atoms with van der Waals surface area (Å²) in [5.41, 5.74) is 7.49. The normalized spacial score (nSPS) is 20.4. The Labute approximate surface area is 217 Å². The Hall–Kier alpha value is -3.45. The molecule has 0 spiro atoms. The van der Waals surface area contributed by atoms with E-state index in [1.807, 2.05) is 0 Å². The van der Waals surface area contributed by atoms with Gasteiger partial charge >= 0.3 is 5.97 Å². The van der Waals surface area contributed by atoms with Crippen molar-refractivity contribution in [2.45, 2.75) is 70.9 Å². The summed E-state index contributed by atoms with van der Waals surface area (Å²) in [6.07, 6.45) is 6.58. The summed E-state index contributed by atoms with van der Waals surface area (Å²) in [6.45, 7) is 8.31. The lowest BCUT2D eigenvalue weighted by Gasteiger charge is -2.19. The third-order valence-corrected chi connectivity index (χ3v) is 7.51. The van der Waals surface area contributed by atoms with Gasteiger partial charge in [-0.3, -0.25) is 9.78 Å². The summed E-state index contributed by atoms with van der Waals surface area (Å²) in [7, 11) is 0. The second kappa shape index (κ2) is 9.78. The molecule has 3 N–H and O–H groups in total. The SMILES string of the molecule is Cc1cc(OCCC(C)(C)O)cc(C)c1-c1cccc2c1CC[C@H]2Nc1cnc([C@H]2C[C@@H]2C(=O)O)cn1. The average Bonchev–Trinajstić information content (AvgIpc) is 3.53. The van der Waals surface area contributed by atoms with Gasteiger partial charge in [-0.2, -0.15) is 0 Å². The van der Waals surface area contributed by atoms with Crippen molar-refractivity contribution in [2.24, 2.45) is 5.92 Å². The Morgan fingerprint density at radius 1 is 1.16 bits per heavy atom. The van der Waals surface area contributed by atoms with E-state index in [0.29, 0.717) is 25.3 Å². The van der Waals surface area contributed by atoms with Crippen LogP contribution in [0.2, 0.25) is 0 Å². The Morgan fingerprint density at radius 3 is 2.54 bits per heavy atom. The first kappa shape index (κ1) is 25.2. The van der Waals surface area contributed by atoms with Crippen LogP contribution in [0.15, 0.2) is 42.7 Å². The topological polar surface area (TPSA) is 105 Å². The van der Waals surface area contributed by atoms with Gasteiger partial charge in [0.2, 0.25) is 0 Å². The summed E-state index contributed by atoms with van der Waals surface area (Å²) in [4.78, 5) is 20.2. The number of aliphatic hydroxyl groups is 1. The van der Waals surface area contributed by atoms with Crippen molar-refractivity contribution in [1.82, 2.24) is 9.97 Å². The van der Waals surface area contributed by atoms with Gasteiger partial charge in [0.1, 0.15) is 11.6 Å². The first-order valence-electron chi connectivity index (χ1n) is 13.0. The van der Waals surface area contributed by atoms with Crippen molar-refractivity contribution >= 4 is 11.8 Å². The third-order valence-electron chi connectivity index (χ3n) is 7.51. The van der Waals surface area contributed by atoms with Gasteiger partial charge in [0.25, 0.3) is 0 Å². The molecule has 0 aliphatic heterocycles. The minimum Gasteiger partial charge on any atom is -0.493 e. The molecule has 37 heavy (non-hydrogen) atoms. The monoisotopic (exact) mass is 501 g/mol. The molecule has 0 radical (unpaired) electrons. The Balaban J connectivity index is 1.32. The molecule has 1 saturated carbocycles. The molecule has 0 amide bonds. The van der Waals surface area contributed by atoms with Gasteiger partial charge < -0.3 is 20.3 Å². The van der Waals surface area contributed by atoms with Crippen molar-refractivity contribution in [2.75, 3.05) is 11.9 Å². The molecule has 2 aromatic carbocycles. The van der Waals surface area contributed by atoms with Gasteiger partial charge in [0.15, 0.2) is 0 Å².